The normalized spacial score (nSPS) is 11.8. The van der Waals surface area contributed by atoms with Gasteiger partial charge < -0.3 is 10.1 Å². The summed E-state index contributed by atoms with van der Waals surface area (Å²) >= 11 is 5.90. The molecule has 1 atom stereocenters. The molecule has 0 aliphatic carbocycles. The largest absolute Gasteiger partial charge is 0.481 e. The maximum absolute atomic E-state index is 12.2. The maximum atomic E-state index is 12.2. The Bertz CT molecular complexity index is 837. The van der Waals surface area contributed by atoms with Gasteiger partial charge >= 0.3 is 0 Å². The minimum Gasteiger partial charge on any atom is -0.481 e. The van der Waals surface area contributed by atoms with Crippen molar-refractivity contribution in [2.75, 3.05) is 5.32 Å². The van der Waals surface area contributed by atoms with E-state index in [2.05, 4.69) is 20.4 Å². The lowest BCUT2D eigenvalue weighted by Crippen LogP contribution is -2.30. The second-order valence-electron chi connectivity index (χ2n) is 4.93. The number of rotatable bonds is 5. The summed E-state index contributed by atoms with van der Waals surface area (Å²) in [6.07, 6.45) is 5.67. The van der Waals surface area contributed by atoms with Crippen LogP contribution < -0.4 is 10.1 Å². The molecule has 0 fully saturated rings. The Morgan fingerprint density at radius 2 is 2.08 bits per heavy atom. The van der Waals surface area contributed by atoms with Crippen LogP contribution in [0.1, 0.15) is 6.92 Å². The van der Waals surface area contributed by atoms with Gasteiger partial charge in [0.05, 0.1) is 18.1 Å². The molecule has 0 aliphatic heterocycles. The Kier molecular flexibility index (Phi) is 4.72. The number of benzene rings is 1. The molecule has 3 rings (SSSR count). The van der Waals surface area contributed by atoms with E-state index in [1.807, 2.05) is 0 Å². The third-order valence-corrected chi connectivity index (χ3v) is 3.32. The number of ether oxygens (including phenoxy) is 1. The number of amides is 1. The van der Waals surface area contributed by atoms with Crippen molar-refractivity contribution in [2.45, 2.75) is 13.0 Å². The SMILES string of the molecule is C[C@H](Oc1cccc(Cl)c1)C(=O)Nc1cnn(-c2ncccn2)c1. The van der Waals surface area contributed by atoms with Gasteiger partial charge in [-0.3, -0.25) is 4.79 Å². The number of carbonyl (C=O) groups is 1. The first-order valence-corrected chi connectivity index (χ1v) is 7.55. The highest BCUT2D eigenvalue weighted by Crippen LogP contribution is 2.19. The zero-order valence-electron chi connectivity index (χ0n) is 12.8. The Morgan fingerprint density at radius 1 is 1.29 bits per heavy atom. The van der Waals surface area contributed by atoms with Crippen LogP contribution in [-0.2, 0) is 4.79 Å². The van der Waals surface area contributed by atoms with Gasteiger partial charge in [0.25, 0.3) is 5.91 Å². The second-order valence-corrected chi connectivity index (χ2v) is 5.37. The van der Waals surface area contributed by atoms with Crippen molar-refractivity contribution in [3.05, 3.63) is 60.1 Å². The van der Waals surface area contributed by atoms with Crippen LogP contribution in [0.4, 0.5) is 5.69 Å². The first-order chi connectivity index (χ1) is 11.6. The molecule has 0 saturated carbocycles. The van der Waals surface area contributed by atoms with Crippen LogP contribution in [0.5, 0.6) is 5.75 Å². The summed E-state index contributed by atoms with van der Waals surface area (Å²) in [5.74, 6) is 0.642. The van der Waals surface area contributed by atoms with E-state index < -0.39 is 6.10 Å². The Morgan fingerprint density at radius 3 is 2.83 bits per heavy atom. The van der Waals surface area contributed by atoms with Crippen LogP contribution in [0, 0.1) is 0 Å². The number of anilines is 1. The summed E-state index contributed by atoms with van der Waals surface area (Å²) < 4.78 is 7.04. The summed E-state index contributed by atoms with van der Waals surface area (Å²) in [6, 6.07) is 8.59. The monoisotopic (exact) mass is 343 g/mol. The summed E-state index contributed by atoms with van der Waals surface area (Å²) in [4.78, 5) is 20.4. The van der Waals surface area contributed by atoms with Crippen molar-refractivity contribution in [1.82, 2.24) is 19.7 Å². The average molecular weight is 344 g/mol. The van der Waals surface area contributed by atoms with E-state index in [9.17, 15) is 4.79 Å². The Hall–Kier alpha value is -2.93. The van der Waals surface area contributed by atoms with Gasteiger partial charge in [-0.2, -0.15) is 5.10 Å². The first-order valence-electron chi connectivity index (χ1n) is 7.17. The molecule has 1 N–H and O–H groups in total. The molecular weight excluding hydrogens is 330 g/mol. The number of carbonyl (C=O) groups excluding carboxylic acids is 1. The summed E-state index contributed by atoms with van der Waals surface area (Å²) in [7, 11) is 0. The molecule has 1 aromatic carbocycles. The van der Waals surface area contributed by atoms with Gasteiger partial charge in [0.15, 0.2) is 6.10 Å². The molecule has 24 heavy (non-hydrogen) atoms. The molecular formula is C16H14ClN5O2. The second kappa shape index (κ2) is 7.10. The van der Waals surface area contributed by atoms with E-state index in [0.29, 0.717) is 22.4 Å². The van der Waals surface area contributed by atoms with Crippen molar-refractivity contribution in [3.8, 4) is 11.7 Å². The predicted molar refractivity (Wildman–Crippen MR) is 89.3 cm³/mol. The van der Waals surface area contributed by atoms with Crippen LogP contribution in [0.15, 0.2) is 55.1 Å². The molecule has 0 aliphatic rings. The molecule has 1 amide bonds. The summed E-state index contributed by atoms with van der Waals surface area (Å²) in [6.45, 7) is 1.65. The molecule has 0 saturated heterocycles. The molecule has 2 heterocycles. The number of nitrogens with zero attached hydrogens (tertiary/aromatic N) is 4. The van der Waals surface area contributed by atoms with Gasteiger partial charge in [0.1, 0.15) is 5.75 Å². The summed E-state index contributed by atoms with van der Waals surface area (Å²) in [5.41, 5.74) is 0.522. The fraction of sp³-hybridized carbons (Fsp3) is 0.125. The van der Waals surface area contributed by atoms with E-state index >= 15 is 0 Å². The van der Waals surface area contributed by atoms with Crippen molar-refractivity contribution in [2.24, 2.45) is 0 Å². The van der Waals surface area contributed by atoms with Gasteiger partial charge in [-0.15, -0.1) is 0 Å². The van der Waals surface area contributed by atoms with E-state index in [1.54, 1.807) is 55.8 Å². The smallest absolute Gasteiger partial charge is 0.265 e. The maximum Gasteiger partial charge on any atom is 0.265 e. The average Bonchev–Trinajstić information content (AvgIpc) is 3.04. The zero-order chi connectivity index (χ0) is 16.9. The lowest BCUT2D eigenvalue weighted by Gasteiger charge is -2.14. The van der Waals surface area contributed by atoms with E-state index in [0.717, 1.165) is 0 Å². The first kappa shape index (κ1) is 15.9. The standard InChI is InChI=1S/C16H14ClN5O2/c1-11(24-14-5-2-4-12(17)8-14)15(23)21-13-9-20-22(10-13)16-18-6-3-7-19-16/h2-11H,1H3,(H,21,23)/t11-/m0/s1. The minimum atomic E-state index is -0.695. The van der Waals surface area contributed by atoms with Crippen molar-refractivity contribution in [3.63, 3.8) is 0 Å². The highest BCUT2D eigenvalue weighted by atomic mass is 35.5. The topological polar surface area (TPSA) is 81.9 Å². The van der Waals surface area contributed by atoms with Gasteiger partial charge in [-0.25, -0.2) is 14.6 Å². The number of nitrogens with one attached hydrogen (secondary N) is 1. The molecule has 8 heteroatoms. The van der Waals surface area contributed by atoms with Crippen LogP contribution >= 0.6 is 11.6 Å². The quantitative estimate of drug-likeness (QED) is 0.770. The van der Waals surface area contributed by atoms with Crippen LogP contribution in [0.3, 0.4) is 0 Å². The van der Waals surface area contributed by atoms with Crippen LogP contribution in [-0.4, -0.2) is 31.8 Å². The number of hydrogen-bond donors (Lipinski definition) is 1. The van der Waals surface area contributed by atoms with Gasteiger partial charge in [0, 0.05) is 17.4 Å². The van der Waals surface area contributed by atoms with Gasteiger partial charge in [0.2, 0.25) is 5.95 Å². The van der Waals surface area contributed by atoms with Crippen molar-refractivity contribution in [1.29, 1.82) is 0 Å². The molecule has 2 aromatic heterocycles. The van der Waals surface area contributed by atoms with Gasteiger partial charge in [-0.05, 0) is 31.2 Å². The number of hydrogen-bond acceptors (Lipinski definition) is 5. The van der Waals surface area contributed by atoms with Crippen molar-refractivity contribution >= 4 is 23.2 Å². The highest BCUT2D eigenvalue weighted by Gasteiger charge is 2.16. The van der Waals surface area contributed by atoms with Crippen LogP contribution in [0.2, 0.25) is 5.02 Å². The lowest BCUT2D eigenvalue weighted by molar-refractivity contribution is -0.122. The number of aromatic nitrogens is 4. The molecule has 7 nitrogen and oxygen atoms in total. The molecule has 122 valence electrons. The minimum absolute atomic E-state index is 0.302. The zero-order valence-corrected chi connectivity index (χ0v) is 13.5. The third kappa shape index (κ3) is 3.88. The summed E-state index contributed by atoms with van der Waals surface area (Å²) in [5, 5.41) is 7.39. The molecule has 0 bridgehead atoms. The Labute approximate surface area is 143 Å². The van der Waals surface area contributed by atoms with E-state index in [4.69, 9.17) is 16.3 Å². The van der Waals surface area contributed by atoms with E-state index in [1.165, 1.54) is 10.9 Å². The van der Waals surface area contributed by atoms with E-state index in [-0.39, 0.29) is 5.91 Å². The molecule has 0 spiro atoms. The molecule has 0 radical (unpaired) electrons. The fourth-order valence-electron chi connectivity index (χ4n) is 1.95. The van der Waals surface area contributed by atoms with Gasteiger partial charge in [-0.1, -0.05) is 17.7 Å². The molecule has 3 aromatic rings. The third-order valence-electron chi connectivity index (χ3n) is 3.09. The van der Waals surface area contributed by atoms with Crippen molar-refractivity contribution < 1.29 is 9.53 Å². The lowest BCUT2D eigenvalue weighted by atomic mass is 10.3. The Balaban J connectivity index is 1.63. The highest BCUT2D eigenvalue weighted by molar-refractivity contribution is 6.30. The van der Waals surface area contributed by atoms with Crippen LogP contribution in [0.25, 0.3) is 5.95 Å². The predicted octanol–water partition coefficient (Wildman–Crippen LogP) is 2.72. The molecule has 0 unspecified atom stereocenters. The fourth-order valence-corrected chi connectivity index (χ4v) is 2.13. The number of halogens is 1.